The minimum atomic E-state index is -0.616. The number of hydrogen-bond acceptors (Lipinski definition) is 4. The fourth-order valence-electron chi connectivity index (χ4n) is 2.46. The highest BCUT2D eigenvalue weighted by atomic mass is 35.5. The van der Waals surface area contributed by atoms with Gasteiger partial charge in [-0.3, -0.25) is 4.79 Å². The normalized spacial score (nSPS) is 18.6. The molecule has 0 saturated carbocycles. The van der Waals surface area contributed by atoms with Crippen LogP contribution in [0.2, 0.25) is 5.02 Å². The molecule has 6 heteroatoms. The van der Waals surface area contributed by atoms with Crippen molar-refractivity contribution >= 4 is 40.6 Å². The van der Waals surface area contributed by atoms with Gasteiger partial charge in [-0.25, -0.2) is 0 Å². The number of hydrogen-bond donors (Lipinski definition) is 2. The van der Waals surface area contributed by atoms with Crippen molar-refractivity contribution < 1.29 is 4.79 Å². The summed E-state index contributed by atoms with van der Waals surface area (Å²) >= 11 is 8.19. The Morgan fingerprint density at radius 3 is 2.85 bits per heavy atom. The highest BCUT2D eigenvalue weighted by Crippen LogP contribution is 2.38. The number of rotatable bonds is 5. The predicted octanol–water partition coefficient (Wildman–Crippen LogP) is 2.87. The van der Waals surface area contributed by atoms with Crippen LogP contribution in [0.1, 0.15) is 24.9 Å². The van der Waals surface area contributed by atoms with Gasteiger partial charge in [-0.2, -0.15) is 11.8 Å². The average Bonchev–Trinajstić information content (AvgIpc) is 2.70. The summed E-state index contributed by atoms with van der Waals surface area (Å²) in [7, 11) is 2.04. The number of thioether (sulfide) groups is 1. The molecule has 1 aromatic carbocycles. The molecule has 0 bridgehead atoms. The molecule has 2 rings (SSSR count). The van der Waals surface area contributed by atoms with Crippen LogP contribution >= 0.6 is 23.4 Å². The van der Waals surface area contributed by atoms with E-state index in [-0.39, 0.29) is 5.91 Å². The van der Waals surface area contributed by atoms with Gasteiger partial charge in [-0.1, -0.05) is 18.5 Å². The van der Waals surface area contributed by atoms with E-state index in [0.29, 0.717) is 11.1 Å². The Balaban J connectivity index is 2.34. The van der Waals surface area contributed by atoms with Crippen molar-refractivity contribution in [2.45, 2.75) is 25.4 Å². The maximum Gasteiger partial charge on any atom is 0.245 e. The van der Waals surface area contributed by atoms with E-state index in [0.717, 1.165) is 29.1 Å². The smallest absolute Gasteiger partial charge is 0.245 e. The average molecular weight is 314 g/mol. The summed E-state index contributed by atoms with van der Waals surface area (Å²) in [6.07, 6.45) is 3.14. The Morgan fingerprint density at radius 1 is 1.55 bits per heavy atom. The summed E-state index contributed by atoms with van der Waals surface area (Å²) in [5, 5.41) is 3.44. The van der Waals surface area contributed by atoms with E-state index in [9.17, 15) is 4.79 Å². The first-order valence-electron chi connectivity index (χ1n) is 6.61. The van der Waals surface area contributed by atoms with Crippen LogP contribution in [0.5, 0.6) is 0 Å². The summed E-state index contributed by atoms with van der Waals surface area (Å²) in [6.45, 7) is 2.16. The van der Waals surface area contributed by atoms with Gasteiger partial charge < -0.3 is 16.0 Å². The first-order valence-corrected chi connectivity index (χ1v) is 8.38. The van der Waals surface area contributed by atoms with Gasteiger partial charge in [0.15, 0.2) is 0 Å². The maximum absolute atomic E-state index is 11.6. The number of fused-ring (bicyclic) bond motifs is 1. The number of halogens is 1. The maximum atomic E-state index is 11.6. The number of anilines is 2. The van der Waals surface area contributed by atoms with Gasteiger partial charge in [0.05, 0.1) is 10.7 Å². The number of carbonyl (C=O) groups excluding carboxylic acids is 1. The molecule has 20 heavy (non-hydrogen) atoms. The van der Waals surface area contributed by atoms with Crippen molar-refractivity contribution in [1.29, 1.82) is 0 Å². The first kappa shape index (κ1) is 15.5. The Kier molecular flexibility index (Phi) is 4.83. The molecule has 4 nitrogen and oxygen atoms in total. The molecular formula is C14H20ClN3OS. The standard InChI is InChI=1S/C14H20ClN3OS/c1-4-8(7-20-3)18(2)12-6-11-9(5-10(12)15)13(16)14(19)17-11/h5-6,8,13H,4,7,16H2,1-3H3,(H,17,19). The zero-order valence-electron chi connectivity index (χ0n) is 11.9. The first-order chi connectivity index (χ1) is 9.49. The van der Waals surface area contributed by atoms with Crippen LogP contribution in [0.15, 0.2) is 12.1 Å². The third kappa shape index (κ3) is 2.75. The van der Waals surface area contributed by atoms with Crippen LogP contribution in [-0.4, -0.2) is 31.0 Å². The Morgan fingerprint density at radius 2 is 2.25 bits per heavy atom. The predicted molar refractivity (Wildman–Crippen MR) is 87.9 cm³/mol. The van der Waals surface area contributed by atoms with Gasteiger partial charge >= 0.3 is 0 Å². The van der Waals surface area contributed by atoms with E-state index in [2.05, 4.69) is 23.4 Å². The van der Waals surface area contributed by atoms with Crippen molar-refractivity contribution in [2.75, 3.05) is 29.3 Å². The Hall–Kier alpha value is -0.910. The number of nitrogens with zero attached hydrogens (tertiary/aromatic N) is 1. The van der Waals surface area contributed by atoms with Gasteiger partial charge in [0, 0.05) is 30.1 Å². The SMILES string of the molecule is CCC(CSC)N(C)c1cc2c(cc1Cl)C(N)C(=O)N2. The van der Waals surface area contributed by atoms with Gasteiger partial charge in [-0.05, 0) is 24.8 Å². The lowest BCUT2D eigenvalue weighted by Gasteiger charge is -2.30. The lowest BCUT2D eigenvalue weighted by Crippen LogP contribution is -2.33. The number of amides is 1. The second-order valence-corrected chi connectivity index (χ2v) is 6.30. The summed E-state index contributed by atoms with van der Waals surface area (Å²) in [6, 6.07) is 3.52. The molecule has 2 atom stereocenters. The van der Waals surface area contributed by atoms with E-state index >= 15 is 0 Å². The van der Waals surface area contributed by atoms with Crippen LogP contribution in [0.4, 0.5) is 11.4 Å². The van der Waals surface area contributed by atoms with Crippen LogP contribution in [0, 0.1) is 0 Å². The molecule has 0 aliphatic carbocycles. The van der Waals surface area contributed by atoms with E-state index in [1.807, 2.05) is 24.9 Å². The lowest BCUT2D eigenvalue weighted by molar-refractivity contribution is -0.116. The number of nitrogens with two attached hydrogens (primary N) is 1. The zero-order chi connectivity index (χ0) is 14.9. The zero-order valence-corrected chi connectivity index (χ0v) is 13.5. The van der Waals surface area contributed by atoms with Crippen LogP contribution < -0.4 is 16.0 Å². The van der Waals surface area contributed by atoms with Gasteiger partial charge in [0.25, 0.3) is 0 Å². The Bertz CT molecular complexity index is 523. The number of carbonyl (C=O) groups is 1. The van der Waals surface area contributed by atoms with Gasteiger partial charge in [-0.15, -0.1) is 0 Å². The summed E-state index contributed by atoms with van der Waals surface area (Å²) in [4.78, 5) is 13.8. The molecule has 1 aromatic rings. The molecule has 0 aromatic heterocycles. The van der Waals surface area contributed by atoms with Gasteiger partial charge in [0.1, 0.15) is 6.04 Å². The van der Waals surface area contributed by atoms with Crippen LogP contribution in [0.25, 0.3) is 0 Å². The van der Waals surface area contributed by atoms with Crippen molar-refractivity contribution in [3.8, 4) is 0 Å². The third-order valence-electron chi connectivity index (χ3n) is 3.75. The molecule has 3 N–H and O–H groups in total. The molecule has 1 amide bonds. The van der Waals surface area contributed by atoms with E-state index in [1.54, 1.807) is 6.07 Å². The lowest BCUT2D eigenvalue weighted by atomic mass is 10.1. The van der Waals surface area contributed by atoms with Crippen molar-refractivity contribution in [3.63, 3.8) is 0 Å². The summed E-state index contributed by atoms with van der Waals surface area (Å²) < 4.78 is 0. The highest BCUT2D eigenvalue weighted by molar-refractivity contribution is 7.98. The molecular weight excluding hydrogens is 294 g/mol. The van der Waals surface area contributed by atoms with E-state index in [4.69, 9.17) is 17.3 Å². The van der Waals surface area contributed by atoms with E-state index < -0.39 is 6.04 Å². The van der Waals surface area contributed by atoms with Crippen LogP contribution in [-0.2, 0) is 4.79 Å². The summed E-state index contributed by atoms with van der Waals surface area (Å²) in [5.41, 5.74) is 8.31. The minimum Gasteiger partial charge on any atom is -0.370 e. The quantitative estimate of drug-likeness (QED) is 0.877. The number of nitrogens with one attached hydrogen (secondary N) is 1. The molecule has 1 heterocycles. The number of benzene rings is 1. The molecule has 110 valence electrons. The fourth-order valence-corrected chi connectivity index (χ4v) is 3.61. The second-order valence-electron chi connectivity index (χ2n) is 4.99. The molecule has 1 aliphatic heterocycles. The Labute approximate surface area is 129 Å². The molecule has 1 aliphatic rings. The van der Waals surface area contributed by atoms with Crippen LogP contribution in [0.3, 0.4) is 0 Å². The van der Waals surface area contributed by atoms with Crippen molar-refractivity contribution in [1.82, 2.24) is 0 Å². The van der Waals surface area contributed by atoms with Crippen molar-refractivity contribution in [3.05, 3.63) is 22.7 Å². The molecule has 0 spiro atoms. The molecule has 2 unspecified atom stereocenters. The summed E-state index contributed by atoms with van der Waals surface area (Å²) in [5.74, 6) is 0.860. The highest BCUT2D eigenvalue weighted by Gasteiger charge is 2.29. The molecule has 0 saturated heterocycles. The second kappa shape index (κ2) is 6.24. The van der Waals surface area contributed by atoms with E-state index in [1.165, 1.54) is 0 Å². The molecule has 0 radical (unpaired) electrons. The fraction of sp³-hybridized carbons (Fsp3) is 0.500. The van der Waals surface area contributed by atoms with Gasteiger partial charge in [0.2, 0.25) is 5.91 Å². The third-order valence-corrected chi connectivity index (χ3v) is 4.77. The minimum absolute atomic E-state index is 0.174. The van der Waals surface area contributed by atoms with Crippen molar-refractivity contribution in [2.24, 2.45) is 5.73 Å². The topological polar surface area (TPSA) is 58.4 Å². The monoisotopic (exact) mass is 313 g/mol. The largest absolute Gasteiger partial charge is 0.370 e. The molecule has 0 fully saturated rings.